The second-order valence-corrected chi connectivity index (χ2v) is 5.87. The number of hydrogen-bond donors (Lipinski definition) is 1. The van der Waals surface area contributed by atoms with Crippen LogP contribution in [0, 0.1) is 12.8 Å². The van der Waals surface area contributed by atoms with Gasteiger partial charge in [0.05, 0.1) is 0 Å². The number of aryl methyl sites for hydroxylation is 1. The maximum absolute atomic E-state index is 11.7. The zero-order valence-electron chi connectivity index (χ0n) is 13.5. The molecule has 0 saturated heterocycles. The third kappa shape index (κ3) is 6.93. The van der Waals surface area contributed by atoms with Gasteiger partial charge in [0.25, 0.3) is 0 Å². The van der Waals surface area contributed by atoms with Crippen molar-refractivity contribution in [2.45, 2.75) is 40.7 Å². The molecule has 4 heteroatoms. The van der Waals surface area contributed by atoms with Gasteiger partial charge in [-0.3, -0.25) is 9.59 Å². The molecule has 1 rings (SSSR count). The molecule has 0 saturated carbocycles. The molecular formula is C17H26N2O2. The molecule has 4 nitrogen and oxygen atoms in total. The Hall–Kier alpha value is -1.84. The van der Waals surface area contributed by atoms with Gasteiger partial charge in [0.15, 0.2) is 0 Å². The summed E-state index contributed by atoms with van der Waals surface area (Å²) in [4.78, 5) is 25.0. The summed E-state index contributed by atoms with van der Waals surface area (Å²) in [5.74, 6) is 0.416. The third-order valence-electron chi connectivity index (χ3n) is 3.24. The van der Waals surface area contributed by atoms with Crippen LogP contribution in [0.5, 0.6) is 0 Å². The Morgan fingerprint density at radius 1 is 1.19 bits per heavy atom. The van der Waals surface area contributed by atoms with Crippen LogP contribution in [0.1, 0.15) is 38.3 Å². The number of rotatable bonds is 7. The van der Waals surface area contributed by atoms with Gasteiger partial charge < -0.3 is 10.2 Å². The van der Waals surface area contributed by atoms with Crippen molar-refractivity contribution in [3.63, 3.8) is 0 Å². The lowest BCUT2D eigenvalue weighted by Gasteiger charge is -2.21. The molecule has 0 aliphatic carbocycles. The first-order chi connectivity index (χ1) is 9.88. The number of benzene rings is 1. The predicted octanol–water partition coefficient (Wildman–Crippen LogP) is 2.51. The lowest BCUT2D eigenvalue weighted by atomic mass is 10.1. The maximum atomic E-state index is 11.7. The van der Waals surface area contributed by atoms with Gasteiger partial charge in [-0.15, -0.1) is 0 Å². The molecule has 116 valence electrons. The second-order valence-electron chi connectivity index (χ2n) is 5.87. The highest BCUT2D eigenvalue weighted by atomic mass is 16.2. The fourth-order valence-electron chi connectivity index (χ4n) is 2.03. The predicted molar refractivity (Wildman–Crippen MR) is 84.7 cm³/mol. The average Bonchev–Trinajstić information content (AvgIpc) is 2.39. The van der Waals surface area contributed by atoms with Gasteiger partial charge in [0.2, 0.25) is 11.8 Å². The summed E-state index contributed by atoms with van der Waals surface area (Å²) in [6.07, 6.45) is 0.526. The van der Waals surface area contributed by atoms with Gasteiger partial charge >= 0.3 is 0 Å². The van der Waals surface area contributed by atoms with Crippen LogP contribution in [0.2, 0.25) is 0 Å². The van der Waals surface area contributed by atoms with Crippen molar-refractivity contribution in [1.82, 2.24) is 10.2 Å². The lowest BCUT2D eigenvalue weighted by Crippen LogP contribution is -2.37. The van der Waals surface area contributed by atoms with E-state index in [-0.39, 0.29) is 11.8 Å². The van der Waals surface area contributed by atoms with E-state index < -0.39 is 0 Å². The monoisotopic (exact) mass is 290 g/mol. The molecule has 0 radical (unpaired) electrons. The smallest absolute Gasteiger partial charge is 0.220 e. The number of carbonyl (C=O) groups is 2. The highest BCUT2D eigenvalue weighted by Crippen LogP contribution is 2.07. The van der Waals surface area contributed by atoms with Crippen LogP contribution < -0.4 is 5.32 Å². The molecule has 1 N–H and O–H groups in total. The van der Waals surface area contributed by atoms with Gasteiger partial charge in [-0.1, -0.05) is 43.7 Å². The topological polar surface area (TPSA) is 49.4 Å². The molecular weight excluding hydrogens is 264 g/mol. The zero-order chi connectivity index (χ0) is 15.8. The van der Waals surface area contributed by atoms with Crippen LogP contribution in [0.3, 0.4) is 0 Å². The first kappa shape index (κ1) is 17.2. The first-order valence-electron chi connectivity index (χ1n) is 7.46. The van der Waals surface area contributed by atoms with Crippen LogP contribution in [0.15, 0.2) is 24.3 Å². The molecule has 0 spiro atoms. The van der Waals surface area contributed by atoms with Gasteiger partial charge in [-0.25, -0.2) is 0 Å². The van der Waals surface area contributed by atoms with Gasteiger partial charge in [0, 0.05) is 33.0 Å². The Morgan fingerprint density at radius 2 is 1.81 bits per heavy atom. The average molecular weight is 290 g/mol. The largest absolute Gasteiger partial charge is 0.354 e. The molecule has 0 heterocycles. The Kier molecular flexibility index (Phi) is 6.92. The van der Waals surface area contributed by atoms with Gasteiger partial charge in [-0.05, 0) is 18.4 Å². The molecule has 0 aliphatic rings. The molecule has 1 aromatic rings. The minimum Gasteiger partial charge on any atom is -0.354 e. The molecule has 21 heavy (non-hydrogen) atoms. The van der Waals surface area contributed by atoms with E-state index in [0.29, 0.717) is 32.0 Å². The lowest BCUT2D eigenvalue weighted by molar-refractivity contribution is -0.130. The van der Waals surface area contributed by atoms with Crippen molar-refractivity contribution in [2.24, 2.45) is 5.92 Å². The van der Waals surface area contributed by atoms with E-state index in [0.717, 1.165) is 5.56 Å². The highest BCUT2D eigenvalue weighted by molar-refractivity contribution is 5.76. The summed E-state index contributed by atoms with van der Waals surface area (Å²) in [6.45, 7) is 9.23. The van der Waals surface area contributed by atoms with E-state index in [9.17, 15) is 9.59 Å². The van der Waals surface area contributed by atoms with Crippen LogP contribution in [-0.2, 0) is 16.1 Å². The van der Waals surface area contributed by atoms with Crippen molar-refractivity contribution in [3.8, 4) is 0 Å². The Morgan fingerprint density at radius 3 is 2.33 bits per heavy atom. The van der Waals surface area contributed by atoms with E-state index in [4.69, 9.17) is 0 Å². The van der Waals surface area contributed by atoms with Gasteiger partial charge in [-0.2, -0.15) is 0 Å². The quantitative estimate of drug-likeness (QED) is 0.839. The minimum absolute atomic E-state index is 0.0219. The molecule has 0 bridgehead atoms. The fraction of sp³-hybridized carbons (Fsp3) is 0.529. The molecule has 0 aromatic heterocycles. The Labute approximate surface area is 127 Å². The van der Waals surface area contributed by atoms with E-state index in [2.05, 4.69) is 5.32 Å². The molecule has 1 aromatic carbocycles. The first-order valence-corrected chi connectivity index (χ1v) is 7.46. The van der Waals surface area contributed by atoms with Crippen LogP contribution >= 0.6 is 0 Å². The van der Waals surface area contributed by atoms with Crippen molar-refractivity contribution in [2.75, 3.05) is 13.1 Å². The fourth-order valence-corrected chi connectivity index (χ4v) is 2.03. The minimum atomic E-state index is 0.0219. The van der Waals surface area contributed by atoms with E-state index in [1.165, 1.54) is 5.56 Å². The zero-order valence-corrected chi connectivity index (χ0v) is 13.5. The van der Waals surface area contributed by atoms with E-state index >= 15 is 0 Å². The Balaban J connectivity index is 2.45. The molecule has 0 fully saturated rings. The number of nitrogens with zero attached hydrogens (tertiary/aromatic N) is 1. The van der Waals surface area contributed by atoms with Crippen LogP contribution in [-0.4, -0.2) is 29.8 Å². The number of carbonyl (C=O) groups excluding carboxylic acids is 2. The molecule has 0 atom stereocenters. The van der Waals surface area contributed by atoms with Crippen molar-refractivity contribution in [3.05, 3.63) is 35.4 Å². The van der Waals surface area contributed by atoms with Crippen molar-refractivity contribution < 1.29 is 9.59 Å². The molecule has 2 amide bonds. The van der Waals surface area contributed by atoms with Crippen LogP contribution in [0.25, 0.3) is 0 Å². The van der Waals surface area contributed by atoms with E-state index in [1.807, 2.05) is 45.0 Å². The Bertz CT molecular complexity index is 466. The number of hydrogen-bond acceptors (Lipinski definition) is 2. The maximum Gasteiger partial charge on any atom is 0.220 e. The summed E-state index contributed by atoms with van der Waals surface area (Å²) < 4.78 is 0. The summed E-state index contributed by atoms with van der Waals surface area (Å²) >= 11 is 0. The molecule has 0 unspecified atom stereocenters. The van der Waals surface area contributed by atoms with Crippen molar-refractivity contribution in [1.29, 1.82) is 0 Å². The SMILES string of the molecule is CC(=O)N(CCNC(=O)CC(C)C)Cc1ccc(C)cc1. The van der Waals surface area contributed by atoms with Crippen molar-refractivity contribution >= 4 is 11.8 Å². The standard InChI is InChI=1S/C17H26N2O2/c1-13(2)11-17(21)18-9-10-19(15(4)20)12-16-7-5-14(3)6-8-16/h5-8,13H,9-12H2,1-4H3,(H,18,21). The summed E-state index contributed by atoms with van der Waals surface area (Å²) in [7, 11) is 0. The summed E-state index contributed by atoms with van der Waals surface area (Å²) in [6, 6.07) is 8.14. The number of amides is 2. The highest BCUT2D eigenvalue weighted by Gasteiger charge is 2.10. The third-order valence-corrected chi connectivity index (χ3v) is 3.24. The summed E-state index contributed by atoms with van der Waals surface area (Å²) in [5, 5.41) is 2.86. The number of nitrogens with one attached hydrogen (secondary N) is 1. The normalized spacial score (nSPS) is 10.5. The van der Waals surface area contributed by atoms with E-state index in [1.54, 1.807) is 11.8 Å². The van der Waals surface area contributed by atoms with Gasteiger partial charge in [0.1, 0.15) is 0 Å². The summed E-state index contributed by atoms with van der Waals surface area (Å²) in [5.41, 5.74) is 2.30. The molecule has 0 aliphatic heterocycles. The van der Waals surface area contributed by atoms with Crippen LogP contribution in [0.4, 0.5) is 0 Å². The second kappa shape index (κ2) is 8.45.